The monoisotopic (exact) mass is 287 g/mol. The topological polar surface area (TPSA) is 54.9 Å². The molecule has 0 radical (unpaired) electrons. The number of amides is 1. The van der Waals surface area contributed by atoms with E-state index in [2.05, 4.69) is 27.4 Å². The first-order valence-electron chi connectivity index (χ1n) is 7.08. The Balaban J connectivity index is 1.77. The number of nitrogens with zero attached hydrogens (tertiary/aromatic N) is 2. The van der Waals surface area contributed by atoms with Crippen LogP contribution in [-0.4, -0.2) is 15.9 Å². The van der Waals surface area contributed by atoms with E-state index in [1.807, 2.05) is 36.4 Å². The number of nitrogens with one attached hydrogen (secondary N) is 1. The number of hydrogen-bond donors (Lipinski definition) is 1. The molecule has 4 heteroatoms. The number of carbonyl (C=O) groups excluding carboxylic acids is 1. The van der Waals surface area contributed by atoms with Crippen molar-refractivity contribution in [3.8, 4) is 11.1 Å². The number of rotatable bonds is 2. The van der Waals surface area contributed by atoms with E-state index in [4.69, 9.17) is 0 Å². The van der Waals surface area contributed by atoms with Crippen LogP contribution >= 0.6 is 0 Å². The SMILES string of the molecule is O=C(Nc1cncnc1)C1c2ccccc2-c2ccccc21. The molecule has 22 heavy (non-hydrogen) atoms. The number of anilines is 1. The molecule has 3 aromatic rings. The molecule has 1 aliphatic rings. The van der Waals surface area contributed by atoms with E-state index < -0.39 is 0 Å². The van der Waals surface area contributed by atoms with Crippen LogP contribution in [0.25, 0.3) is 11.1 Å². The van der Waals surface area contributed by atoms with Crippen LogP contribution in [0.2, 0.25) is 0 Å². The van der Waals surface area contributed by atoms with Crippen molar-refractivity contribution in [2.45, 2.75) is 5.92 Å². The summed E-state index contributed by atoms with van der Waals surface area (Å²) in [6, 6.07) is 16.1. The molecular formula is C18H13N3O. The van der Waals surface area contributed by atoms with Crippen molar-refractivity contribution >= 4 is 11.6 Å². The van der Waals surface area contributed by atoms with Crippen molar-refractivity contribution < 1.29 is 4.79 Å². The third-order valence-electron chi connectivity index (χ3n) is 3.92. The molecule has 1 aromatic heterocycles. The summed E-state index contributed by atoms with van der Waals surface area (Å²) in [5, 5.41) is 2.90. The molecule has 106 valence electrons. The zero-order valence-electron chi connectivity index (χ0n) is 11.7. The van der Waals surface area contributed by atoms with Crippen molar-refractivity contribution in [1.82, 2.24) is 9.97 Å². The lowest BCUT2D eigenvalue weighted by Gasteiger charge is -2.13. The van der Waals surface area contributed by atoms with Crippen LogP contribution in [0.4, 0.5) is 5.69 Å². The zero-order valence-corrected chi connectivity index (χ0v) is 11.7. The van der Waals surface area contributed by atoms with E-state index in [9.17, 15) is 4.79 Å². The molecule has 0 unspecified atom stereocenters. The summed E-state index contributed by atoms with van der Waals surface area (Å²) in [6.07, 6.45) is 4.63. The molecule has 4 rings (SSSR count). The van der Waals surface area contributed by atoms with Crippen LogP contribution < -0.4 is 5.32 Å². The summed E-state index contributed by atoms with van der Waals surface area (Å²) < 4.78 is 0. The molecule has 1 amide bonds. The van der Waals surface area contributed by atoms with Crippen LogP contribution in [0.5, 0.6) is 0 Å². The molecular weight excluding hydrogens is 274 g/mol. The van der Waals surface area contributed by atoms with Gasteiger partial charge in [-0.2, -0.15) is 0 Å². The molecule has 1 aliphatic carbocycles. The normalized spacial score (nSPS) is 12.5. The standard InChI is InChI=1S/C18H13N3O/c22-18(21-12-9-19-11-20-10-12)17-15-7-3-1-5-13(15)14-6-2-4-8-16(14)17/h1-11,17H,(H,21,22). The summed E-state index contributed by atoms with van der Waals surface area (Å²) in [4.78, 5) is 20.6. The van der Waals surface area contributed by atoms with Crippen LogP contribution in [0.3, 0.4) is 0 Å². The third kappa shape index (κ3) is 1.97. The minimum atomic E-state index is -0.299. The number of aromatic nitrogens is 2. The molecule has 0 atom stereocenters. The summed E-state index contributed by atoms with van der Waals surface area (Å²) in [6.45, 7) is 0. The molecule has 2 aromatic carbocycles. The molecule has 1 heterocycles. The van der Waals surface area contributed by atoms with Gasteiger partial charge in [0.05, 0.1) is 24.0 Å². The van der Waals surface area contributed by atoms with Crippen LogP contribution in [0, 0.1) is 0 Å². The first-order valence-corrected chi connectivity index (χ1v) is 7.08. The molecule has 0 saturated heterocycles. The molecule has 4 nitrogen and oxygen atoms in total. The fourth-order valence-electron chi connectivity index (χ4n) is 3.02. The maximum atomic E-state index is 12.8. The molecule has 0 aliphatic heterocycles. The summed E-state index contributed by atoms with van der Waals surface area (Å²) >= 11 is 0. The number of benzene rings is 2. The lowest BCUT2D eigenvalue weighted by molar-refractivity contribution is -0.116. The Kier molecular flexibility index (Phi) is 2.93. The van der Waals surface area contributed by atoms with Gasteiger partial charge in [0, 0.05) is 0 Å². The lowest BCUT2D eigenvalue weighted by atomic mass is 9.96. The lowest BCUT2D eigenvalue weighted by Crippen LogP contribution is -2.20. The first kappa shape index (κ1) is 12.7. The van der Waals surface area contributed by atoms with E-state index in [1.54, 1.807) is 12.4 Å². The Hall–Kier alpha value is -3.01. The Bertz CT molecular complexity index is 800. The Labute approximate surface area is 127 Å². The van der Waals surface area contributed by atoms with E-state index in [1.165, 1.54) is 6.33 Å². The zero-order chi connectivity index (χ0) is 14.9. The Morgan fingerprint density at radius 1 is 0.864 bits per heavy atom. The maximum Gasteiger partial charge on any atom is 0.236 e. The van der Waals surface area contributed by atoms with Crippen LogP contribution in [0.1, 0.15) is 17.0 Å². The van der Waals surface area contributed by atoms with Crippen molar-refractivity contribution in [2.24, 2.45) is 0 Å². The van der Waals surface area contributed by atoms with E-state index in [0.29, 0.717) is 5.69 Å². The molecule has 0 saturated carbocycles. The summed E-state index contributed by atoms with van der Waals surface area (Å²) in [5.41, 5.74) is 4.94. The maximum absolute atomic E-state index is 12.8. The fraction of sp³-hybridized carbons (Fsp3) is 0.0556. The van der Waals surface area contributed by atoms with Crippen LogP contribution in [0.15, 0.2) is 67.3 Å². The highest BCUT2D eigenvalue weighted by Crippen LogP contribution is 2.44. The van der Waals surface area contributed by atoms with Gasteiger partial charge in [-0.15, -0.1) is 0 Å². The van der Waals surface area contributed by atoms with Gasteiger partial charge in [-0.1, -0.05) is 48.5 Å². The highest BCUT2D eigenvalue weighted by atomic mass is 16.1. The van der Waals surface area contributed by atoms with Gasteiger partial charge in [0.25, 0.3) is 0 Å². The van der Waals surface area contributed by atoms with Gasteiger partial charge in [0.2, 0.25) is 5.91 Å². The highest BCUT2D eigenvalue weighted by Gasteiger charge is 2.33. The summed E-state index contributed by atoms with van der Waals surface area (Å²) in [5.74, 6) is -0.361. The fourth-order valence-corrected chi connectivity index (χ4v) is 3.02. The van der Waals surface area contributed by atoms with Gasteiger partial charge in [0.1, 0.15) is 6.33 Å². The smallest absolute Gasteiger partial charge is 0.236 e. The van der Waals surface area contributed by atoms with Gasteiger partial charge in [-0.3, -0.25) is 4.79 Å². The average molecular weight is 287 g/mol. The van der Waals surface area contributed by atoms with Gasteiger partial charge in [0.15, 0.2) is 0 Å². The van der Waals surface area contributed by atoms with Gasteiger partial charge in [-0.05, 0) is 22.3 Å². The largest absolute Gasteiger partial charge is 0.323 e. The first-order chi connectivity index (χ1) is 10.8. The average Bonchev–Trinajstić information content (AvgIpc) is 2.90. The Morgan fingerprint density at radius 2 is 1.41 bits per heavy atom. The minimum absolute atomic E-state index is 0.0628. The second-order valence-corrected chi connectivity index (χ2v) is 5.22. The van der Waals surface area contributed by atoms with Gasteiger partial charge < -0.3 is 5.32 Å². The van der Waals surface area contributed by atoms with Crippen molar-refractivity contribution in [1.29, 1.82) is 0 Å². The quantitative estimate of drug-likeness (QED) is 0.787. The van der Waals surface area contributed by atoms with Crippen LogP contribution in [-0.2, 0) is 4.79 Å². The number of fused-ring (bicyclic) bond motifs is 3. The third-order valence-corrected chi connectivity index (χ3v) is 3.92. The van der Waals surface area contributed by atoms with Gasteiger partial charge in [-0.25, -0.2) is 9.97 Å². The van der Waals surface area contributed by atoms with Crippen molar-refractivity contribution in [3.63, 3.8) is 0 Å². The van der Waals surface area contributed by atoms with Crippen molar-refractivity contribution in [3.05, 3.63) is 78.4 Å². The predicted octanol–water partition coefficient (Wildman–Crippen LogP) is 3.23. The van der Waals surface area contributed by atoms with E-state index >= 15 is 0 Å². The molecule has 1 N–H and O–H groups in total. The predicted molar refractivity (Wildman–Crippen MR) is 84.4 cm³/mol. The van der Waals surface area contributed by atoms with E-state index in [0.717, 1.165) is 22.3 Å². The highest BCUT2D eigenvalue weighted by molar-refractivity contribution is 6.03. The minimum Gasteiger partial charge on any atom is -0.323 e. The second-order valence-electron chi connectivity index (χ2n) is 5.22. The van der Waals surface area contributed by atoms with Gasteiger partial charge >= 0.3 is 0 Å². The molecule has 0 fully saturated rings. The Morgan fingerprint density at radius 3 is 2.00 bits per heavy atom. The van der Waals surface area contributed by atoms with Crippen molar-refractivity contribution in [2.75, 3.05) is 5.32 Å². The second kappa shape index (κ2) is 5.07. The molecule has 0 spiro atoms. The molecule has 0 bridgehead atoms. The number of hydrogen-bond acceptors (Lipinski definition) is 3. The summed E-state index contributed by atoms with van der Waals surface area (Å²) in [7, 11) is 0. The number of carbonyl (C=O) groups is 1. The van der Waals surface area contributed by atoms with E-state index in [-0.39, 0.29) is 11.8 Å².